The molecule has 0 N–H and O–H groups in total. The summed E-state index contributed by atoms with van der Waals surface area (Å²) in [5.41, 5.74) is 0.408. The highest BCUT2D eigenvalue weighted by molar-refractivity contribution is 9.10. The summed E-state index contributed by atoms with van der Waals surface area (Å²) in [6, 6.07) is 16.3. The maximum Gasteiger partial charge on any atom is 0.291 e. The summed E-state index contributed by atoms with van der Waals surface area (Å²) >= 11 is 17.0. The fourth-order valence-electron chi connectivity index (χ4n) is 3.01. The number of halogens is 3. The lowest BCUT2D eigenvalue weighted by atomic mass is 10.2. The molecule has 0 fully saturated rings. The van der Waals surface area contributed by atoms with E-state index in [2.05, 4.69) is 26.0 Å². The highest BCUT2D eigenvalue weighted by Crippen LogP contribution is 2.34. The van der Waals surface area contributed by atoms with E-state index in [1.54, 1.807) is 30.3 Å². The molecule has 5 rings (SSSR count). The zero-order valence-electron chi connectivity index (χ0n) is 16.1. The zero-order valence-corrected chi connectivity index (χ0v) is 20.0. The van der Waals surface area contributed by atoms with Gasteiger partial charge in [-0.15, -0.1) is 5.10 Å². The molecule has 0 saturated carbocycles. The topological polar surface area (TPSA) is 69.6 Å². The lowest BCUT2D eigenvalue weighted by molar-refractivity contribution is 0.296. The molecule has 32 heavy (non-hydrogen) atoms. The van der Waals surface area contributed by atoms with Gasteiger partial charge in [-0.25, -0.2) is 0 Å². The van der Waals surface area contributed by atoms with Crippen LogP contribution in [0.2, 0.25) is 10.0 Å². The fraction of sp³-hybridized carbons (Fsp3) is 0.0455. The summed E-state index contributed by atoms with van der Waals surface area (Å²) in [6.07, 6.45) is 1.66. The SMILES string of the molecule is O=c1/c(=C/c2ccc(-c3cccc(Cl)c3Cl)o2)sc2nc(COc3ccc(Br)cc3)nn12. The number of nitrogens with zero attached hydrogens (tertiary/aromatic N) is 3. The molecule has 0 saturated heterocycles. The second-order valence-corrected chi connectivity index (χ2v) is 9.39. The summed E-state index contributed by atoms with van der Waals surface area (Å²) in [5, 5.41) is 5.12. The maximum absolute atomic E-state index is 12.7. The summed E-state index contributed by atoms with van der Waals surface area (Å²) in [5.74, 6) is 2.19. The Hall–Kier alpha value is -2.65. The molecule has 0 aliphatic heterocycles. The Balaban J connectivity index is 1.39. The van der Waals surface area contributed by atoms with Gasteiger partial charge in [0.1, 0.15) is 28.4 Å². The number of aromatic nitrogens is 3. The van der Waals surface area contributed by atoms with Gasteiger partial charge in [-0.2, -0.15) is 9.50 Å². The number of hydrogen-bond donors (Lipinski definition) is 0. The second kappa shape index (κ2) is 8.71. The van der Waals surface area contributed by atoms with Gasteiger partial charge < -0.3 is 9.15 Å². The number of rotatable bonds is 5. The molecule has 0 radical (unpaired) electrons. The zero-order chi connectivity index (χ0) is 22.2. The molecular weight excluding hydrogens is 537 g/mol. The highest BCUT2D eigenvalue weighted by Gasteiger charge is 2.13. The molecule has 10 heteroatoms. The van der Waals surface area contributed by atoms with Crippen molar-refractivity contribution in [2.75, 3.05) is 0 Å². The molecule has 0 aliphatic carbocycles. The summed E-state index contributed by atoms with van der Waals surface area (Å²) < 4.78 is 14.2. The normalized spacial score (nSPS) is 12.0. The molecule has 0 bridgehead atoms. The van der Waals surface area contributed by atoms with Crippen LogP contribution in [0, 0.1) is 0 Å². The second-order valence-electron chi connectivity index (χ2n) is 6.68. The van der Waals surface area contributed by atoms with Crippen molar-refractivity contribution < 1.29 is 9.15 Å². The molecule has 0 spiro atoms. The Morgan fingerprint density at radius 2 is 1.94 bits per heavy atom. The maximum atomic E-state index is 12.7. The van der Waals surface area contributed by atoms with Crippen LogP contribution in [0.3, 0.4) is 0 Å². The van der Waals surface area contributed by atoms with Crippen LogP contribution in [-0.4, -0.2) is 14.6 Å². The predicted molar refractivity (Wildman–Crippen MR) is 129 cm³/mol. The quantitative estimate of drug-likeness (QED) is 0.285. The van der Waals surface area contributed by atoms with E-state index in [0.29, 0.717) is 48.2 Å². The molecule has 0 unspecified atom stereocenters. The van der Waals surface area contributed by atoms with Crippen LogP contribution in [0.1, 0.15) is 11.6 Å². The third-order valence-electron chi connectivity index (χ3n) is 4.52. The van der Waals surface area contributed by atoms with Gasteiger partial charge in [-0.1, -0.05) is 56.5 Å². The molecule has 5 aromatic rings. The average Bonchev–Trinajstić information content (AvgIpc) is 3.47. The molecular formula is C22H12BrCl2N3O3S. The van der Waals surface area contributed by atoms with Crippen molar-refractivity contribution in [3.63, 3.8) is 0 Å². The van der Waals surface area contributed by atoms with E-state index in [4.69, 9.17) is 32.4 Å². The van der Waals surface area contributed by atoms with E-state index >= 15 is 0 Å². The molecule has 0 aliphatic rings. The van der Waals surface area contributed by atoms with Crippen molar-refractivity contribution in [1.29, 1.82) is 0 Å². The standard InChI is InChI=1S/C22H12BrCl2N3O3S/c23-12-4-6-13(7-5-12)30-11-19-26-22-28(27-19)21(29)18(32-22)10-14-8-9-17(31-14)15-2-1-3-16(24)20(15)25/h1-10H,11H2/b18-10-. The third kappa shape index (κ3) is 4.19. The van der Waals surface area contributed by atoms with Crippen LogP contribution in [0.5, 0.6) is 5.75 Å². The Kier molecular flexibility index (Phi) is 5.77. The van der Waals surface area contributed by atoms with Crippen molar-refractivity contribution >= 4 is 61.5 Å². The predicted octanol–water partition coefficient (Wildman–Crippen LogP) is 5.61. The summed E-state index contributed by atoms with van der Waals surface area (Å²) in [7, 11) is 0. The van der Waals surface area contributed by atoms with Crippen LogP contribution < -0.4 is 14.8 Å². The lowest BCUT2D eigenvalue weighted by Gasteiger charge is -2.02. The van der Waals surface area contributed by atoms with Crippen LogP contribution >= 0.6 is 50.5 Å². The summed E-state index contributed by atoms with van der Waals surface area (Å²) in [4.78, 5) is 17.6. The Morgan fingerprint density at radius 3 is 2.72 bits per heavy atom. The molecule has 3 aromatic heterocycles. The van der Waals surface area contributed by atoms with Crippen LogP contribution in [0.25, 0.3) is 22.4 Å². The fourth-order valence-corrected chi connectivity index (χ4v) is 4.58. The van der Waals surface area contributed by atoms with E-state index in [1.807, 2.05) is 30.3 Å². The van der Waals surface area contributed by atoms with Gasteiger partial charge in [0, 0.05) is 16.1 Å². The van der Waals surface area contributed by atoms with Crippen LogP contribution in [-0.2, 0) is 6.61 Å². The van der Waals surface area contributed by atoms with Crippen molar-refractivity contribution in [2.24, 2.45) is 0 Å². The minimum atomic E-state index is -0.272. The highest BCUT2D eigenvalue weighted by atomic mass is 79.9. The smallest absolute Gasteiger partial charge is 0.291 e. The van der Waals surface area contributed by atoms with Gasteiger partial charge in [0.2, 0.25) is 4.96 Å². The monoisotopic (exact) mass is 547 g/mol. The van der Waals surface area contributed by atoms with Gasteiger partial charge in [-0.3, -0.25) is 4.79 Å². The molecule has 6 nitrogen and oxygen atoms in total. The molecule has 0 amide bonds. The number of hydrogen-bond acceptors (Lipinski definition) is 6. The first kappa shape index (κ1) is 21.2. The van der Waals surface area contributed by atoms with Crippen molar-refractivity contribution in [3.8, 4) is 17.1 Å². The number of ether oxygens (including phenoxy) is 1. The summed E-state index contributed by atoms with van der Waals surface area (Å²) in [6.45, 7) is 0.163. The van der Waals surface area contributed by atoms with Crippen molar-refractivity contribution in [3.05, 3.63) is 95.6 Å². The van der Waals surface area contributed by atoms with E-state index in [1.165, 1.54) is 15.9 Å². The Morgan fingerprint density at radius 1 is 1.12 bits per heavy atom. The van der Waals surface area contributed by atoms with Gasteiger partial charge in [-0.05, 0) is 48.5 Å². The molecule has 2 aromatic carbocycles. The Bertz CT molecular complexity index is 1540. The van der Waals surface area contributed by atoms with Crippen LogP contribution in [0.4, 0.5) is 0 Å². The first-order valence-electron chi connectivity index (χ1n) is 9.31. The number of benzene rings is 2. The van der Waals surface area contributed by atoms with E-state index in [-0.39, 0.29) is 12.2 Å². The van der Waals surface area contributed by atoms with E-state index < -0.39 is 0 Å². The lowest BCUT2D eigenvalue weighted by Crippen LogP contribution is -2.23. The third-order valence-corrected chi connectivity index (χ3v) is 6.83. The molecule has 3 heterocycles. The molecule has 0 atom stereocenters. The van der Waals surface area contributed by atoms with Gasteiger partial charge in [0.05, 0.1) is 10.0 Å². The van der Waals surface area contributed by atoms with Gasteiger partial charge >= 0.3 is 0 Å². The van der Waals surface area contributed by atoms with E-state index in [9.17, 15) is 4.79 Å². The minimum absolute atomic E-state index is 0.163. The Labute approximate surface area is 203 Å². The largest absolute Gasteiger partial charge is 0.486 e. The van der Waals surface area contributed by atoms with Crippen LogP contribution in [0.15, 0.2) is 68.3 Å². The first-order valence-corrected chi connectivity index (χ1v) is 11.7. The van der Waals surface area contributed by atoms with E-state index in [0.717, 1.165) is 4.47 Å². The number of thiazole rings is 1. The van der Waals surface area contributed by atoms with Crippen molar-refractivity contribution in [1.82, 2.24) is 14.6 Å². The van der Waals surface area contributed by atoms with Gasteiger partial charge in [0.15, 0.2) is 5.82 Å². The number of furan rings is 1. The minimum Gasteiger partial charge on any atom is -0.486 e. The van der Waals surface area contributed by atoms with Gasteiger partial charge in [0.25, 0.3) is 5.56 Å². The van der Waals surface area contributed by atoms with Crippen molar-refractivity contribution in [2.45, 2.75) is 6.61 Å². The first-order chi connectivity index (χ1) is 15.5. The average molecular weight is 549 g/mol. The number of fused-ring (bicyclic) bond motifs is 1. The molecule has 160 valence electrons.